The fraction of sp³-hybridized carbons (Fsp3) is 0.133. The Balaban J connectivity index is 1.97. The molecule has 5 heteroatoms. The first-order valence-electron chi connectivity index (χ1n) is 6.16. The Morgan fingerprint density at radius 3 is 2.50 bits per heavy atom. The Labute approximate surface area is 128 Å². The molecule has 0 saturated heterocycles. The number of benzene rings is 2. The van der Waals surface area contributed by atoms with Crippen molar-refractivity contribution in [2.45, 2.75) is 6.92 Å². The molecule has 0 aliphatic rings. The number of halogens is 2. The molecule has 0 aliphatic carbocycles. The van der Waals surface area contributed by atoms with Crippen LogP contribution in [0.2, 0.25) is 10.0 Å². The van der Waals surface area contributed by atoms with Crippen molar-refractivity contribution in [3.05, 3.63) is 58.1 Å². The molecule has 0 atom stereocenters. The molecule has 104 valence electrons. The first-order chi connectivity index (χ1) is 9.69. The fourth-order valence-corrected chi connectivity index (χ4v) is 1.86. The van der Waals surface area contributed by atoms with Gasteiger partial charge in [0.25, 0.3) is 0 Å². The first kappa shape index (κ1) is 14.7. The number of nitrogens with one attached hydrogen (secondary N) is 1. The lowest BCUT2D eigenvalue weighted by atomic mass is 10.2. The van der Waals surface area contributed by atoms with E-state index >= 15 is 0 Å². The smallest absolute Gasteiger partial charge is 0.119 e. The molecule has 0 spiro atoms. The zero-order chi connectivity index (χ0) is 14.4. The summed E-state index contributed by atoms with van der Waals surface area (Å²) in [7, 11) is 0. The number of ether oxygens (including phenoxy) is 1. The summed E-state index contributed by atoms with van der Waals surface area (Å²) in [6.07, 6.45) is 1.72. The van der Waals surface area contributed by atoms with E-state index in [1.165, 1.54) is 0 Å². The van der Waals surface area contributed by atoms with E-state index in [1.807, 2.05) is 37.3 Å². The third-order valence-corrected chi connectivity index (χ3v) is 3.26. The maximum absolute atomic E-state index is 5.92. The van der Waals surface area contributed by atoms with Crippen molar-refractivity contribution in [1.29, 1.82) is 0 Å². The molecular weight excluding hydrogens is 295 g/mol. The van der Waals surface area contributed by atoms with Gasteiger partial charge in [-0.3, -0.25) is 5.43 Å². The van der Waals surface area contributed by atoms with E-state index in [0.29, 0.717) is 16.7 Å². The highest BCUT2D eigenvalue weighted by molar-refractivity contribution is 6.42. The summed E-state index contributed by atoms with van der Waals surface area (Å²) in [5, 5.41) is 5.16. The summed E-state index contributed by atoms with van der Waals surface area (Å²) >= 11 is 11.8. The third-order valence-electron chi connectivity index (χ3n) is 2.52. The molecule has 2 aromatic rings. The Bertz CT molecular complexity index is 597. The van der Waals surface area contributed by atoms with Gasteiger partial charge in [-0.05, 0) is 55.0 Å². The van der Waals surface area contributed by atoms with Crippen LogP contribution >= 0.6 is 23.2 Å². The topological polar surface area (TPSA) is 33.6 Å². The van der Waals surface area contributed by atoms with Crippen LogP contribution in [0.1, 0.15) is 12.5 Å². The zero-order valence-corrected chi connectivity index (χ0v) is 12.4. The highest BCUT2D eigenvalue weighted by Gasteiger charge is 1.98. The predicted molar refractivity (Wildman–Crippen MR) is 85.3 cm³/mol. The molecule has 20 heavy (non-hydrogen) atoms. The van der Waals surface area contributed by atoms with Crippen molar-refractivity contribution in [2.75, 3.05) is 12.0 Å². The molecule has 0 aromatic heterocycles. The van der Waals surface area contributed by atoms with Crippen molar-refractivity contribution in [3.8, 4) is 5.75 Å². The van der Waals surface area contributed by atoms with Crippen LogP contribution in [0.4, 0.5) is 5.69 Å². The summed E-state index contributed by atoms with van der Waals surface area (Å²) in [5.74, 6) is 0.849. The zero-order valence-electron chi connectivity index (χ0n) is 10.9. The molecule has 1 N–H and O–H groups in total. The number of hydrogen-bond acceptors (Lipinski definition) is 3. The predicted octanol–water partition coefficient (Wildman–Crippen LogP) is 4.84. The van der Waals surface area contributed by atoms with E-state index in [4.69, 9.17) is 27.9 Å². The van der Waals surface area contributed by atoms with Gasteiger partial charge in [-0.15, -0.1) is 0 Å². The molecule has 3 nitrogen and oxygen atoms in total. The largest absolute Gasteiger partial charge is 0.494 e. The van der Waals surface area contributed by atoms with Gasteiger partial charge in [0.1, 0.15) is 5.75 Å². The fourth-order valence-electron chi connectivity index (χ4n) is 1.56. The van der Waals surface area contributed by atoms with Crippen LogP contribution in [0.5, 0.6) is 5.75 Å². The number of anilines is 1. The van der Waals surface area contributed by atoms with Gasteiger partial charge in [0, 0.05) is 0 Å². The summed E-state index contributed by atoms with van der Waals surface area (Å²) in [5.41, 5.74) is 4.65. The van der Waals surface area contributed by atoms with Gasteiger partial charge in [-0.25, -0.2) is 0 Å². The summed E-state index contributed by atoms with van der Waals surface area (Å²) < 4.78 is 5.37. The Morgan fingerprint density at radius 1 is 1.10 bits per heavy atom. The minimum Gasteiger partial charge on any atom is -0.494 e. The van der Waals surface area contributed by atoms with Crippen LogP contribution in [0.3, 0.4) is 0 Å². The average molecular weight is 309 g/mol. The molecule has 0 heterocycles. The molecule has 0 saturated carbocycles. The maximum atomic E-state index is 5.92. The molecule has 0 aliphatic heterocycles. The van der Waals surface area contributed by atoms with E-state index in [9.17, 15) is 0 Å². The minimum atomic E-state index is 0.493. The average Bonchev–Trinajstić information content (AvgIpc) is 2.45. The number of hydrazone groups is 1. The maximum Gasteiger partial charge on any atom is 0.119 e. The lowest BCUT2D eigenvalue weighted by Crippen LogP contribution is -1.93. The van der Waals surface area contributed by atoms with E-state index in [2.05, 4.69) is 10.5 Å². The molecular formula is C15H14Cl2N2O. The summed E-state index contributed by atoms with van der Waals surface area (Å²) in [6, 6.07) is 12.9. The van der Waals surface area contributed by atoms with Crippen LogP contribution in [0.25, 0.3) is 0 Å². The highest BCUT2D eigenvalue weighted by atomic mass is 35.5. The lowest BCUT2D eigenvalue weighted by molar-refractivity contribution is 0.340. The van der Waals surface area contributed by atoms with Gasteiger partial charge < -0.3 is 4.74 Å². The Hall–Kier alpha value is -1.71. The van der Waals surface area contributed by atoms with Gasteiger partial charge in [0.05, 0.1) is 28.6 Å². The molecule has 2 aromatic carbocycles. The van der Waals surface area contributed by atoms with Crippen molar-refractivity contribution < 1.29 is 4.74 Å². The highest BCUT2D eigenvalue weighted by Crippen LogP contribution is 2.24. The van der Waals surface area contributed by atoms with Crippen molar-refractivity contribution in [2.24, 2.45) is 5.10 Å². The second kappa shape index (κ2) is 7.17. The Kier molecular flexibility index (Phi) is 5.27. The molecule has 0 radical (unpaired) electrons. The third kappa shape index (κ3) is 4.15. The standard InChI is InChI=1S/C15H14Cl2N2O/c1-2-20-13-6-3-11(4-7-13)10-18-19-12-5-8-14(16)15(17)9-12/h3-10,19H,2H2,1H3/b18-10+. The molecule has 2 rings (SSSR count). The molecule has 0 amide bonds. The van der Waals surface area contributed by atoms with Crippen LogP contribution in [-0.2, 0) is 0 Å². The van der Waals surface area contributed by atoms with E-state index in [1.54, 1.807) is 18.3 Å². The number of rotatable bonds is 5. The first-order valence-corrected chi connectivity index (χ1v) is 6.91. The summed E-state index contributed by atoms with van der Waals surface area (Å²) in [6.45, 7) is 2.61. The van der Waals surface area contributed by atoms with Crippen molar-refractivity contribution >= 4 is 35.1 Å². The number of nitrogens with zero attached hydrogens (tertiary/aromatic N) is 1. The second-order valence-corrected chi connectivity index (χ2v) is 4.82. The molecule has 0 fully saturated rings. The van der Waals surface area contributed by atoms with Gasteiger partial charge in [0.15, 0.2) is 0 Å². The van der Waals surface area contributed by atoms with Gasteiger partial charge in [-0.2, -0.15) is 5.10 Å². The van der Waals surface area contributed by atoms with E-state index < -0.39 is 0 Å². The monoisotopic (exact) mass is 308 g/mol. The Morgan fingerprint density at radius 2 is 1.85 bits per heavy atom. The van der Waals surface area contributed by atoms with Crippen LogP contribution in [0, 0.1) is 0 Å². The normalized spacial score (nSPS) is 10.8. The van der Waals surface area contributed by atoms with Crippen molar-refractivity contribution in [1.82, 2.24) is 0 Å². The van der Waals surface area contributed by atoms with Gasteiger partial charge in [-0.1, -0.05) is 23.2 Å². The van der Waals surface area contributed by atoms with Gasteiger partial charge in [0.2, 0.25) is 0 Å². The van der Waals surface area contributed by atoms with E-state index in [0.717, 1.165) is 17.0 Å². The molecule has 0 bridgehead atoms. The van der Waals surface area contributed by atoms with E-state index in [-0.39, 0.29) is 0 Å². The molecule has 0 unspecified atom stereocenters. The quantitative estimate of drug-likeness (QED) is 0.633. The second-order valence-electron chi connectivity index (χ2n) is 4.00. The van der Waals surface area contributed by atoms with Crippen LogP contribution in [0.15, 0.2) is 47.6 Å². The van der Waals surface area contributed by atoms with Crippen LogP contribution in [-0.4, -0.2) is 12.8 Å². The summed E-state index contributed by atoms with van der Waals surface area (Å²) in [4.78, 5) is 0. The van der Waals surface area contributed by atoms with Crippen LogP contribution < -0.4 is 10.2 Å². The minimum absolute atomic E-state index is 0.493. The number of hydrogen-bond donors (Lipinski definition) is 1. The van der Waals surface area contributed by atoms with Crippen molar-refractivity contribution in [3.63, 3.8) is 0 Å². The van der Waals surface area contributed by atoms with Gasteiger partial charge >= 0.3 is 0 Å². The SMILES string of the molecule is CCOc1ccc(/C=N/Nc2ccc(Cl)c(Cl)c2)cc1. The lowest BCUT2D eigenvalue weighted by Gasteiger charge is -2.03.